The van der Waals surface area contributed by atoms with Crippen molar-refractivity contribution in [2.24, 2.45) is 0 Å². The molecule has 2 aliphatic heterocycles. The van der Waals surface area contributed by atoms with Crippen molar-refractivity contribution >= 4 is 58.2 Å². The highest BCUT2D eigenvalue weighted by Gasteiger charge is 2.34. The van der Waals surface area contributed by atoms with Crippen molar-refractivity contribution in [3.05, 3.63) is 195 Å². The number of nitrogens with one attached hydrogen (secondary N) is 2. The third kappa shape index (κ3) is 16.5. The van der Waals surface area contributed by atoms with Crippen molar-refractivity contribution in [3.63, 3.8) is 0 Å². The van der Waals surface area contributed by atoms with Gasteiger partial charge in [0.15, 0.2) is 0 Å². The van der Waals surface area contributed by atoms with E-state index in [-0.39, 0.29) is 28.4 Å². The molecule has 0 saturated carbocycles. The van der Waals surface area contributed by atoms with Crippen molar-refractivity contribution in [2.45, 2.75) is 73.1 Å². The Hall–Kier alpha value is -7.13. The number of carbonyl (C=O) groups is 1. The molecule has 2 atom stereocenters. The minimum atomic E-state index is -0.139. The average molecular weight is 1130 g/mol. The van der Waals surface area contributed by atoms with Gasteiger partial charge in [-0.2, -0.15) is 5.26 Å². The van der Waals surface area contributed by atoms with Crippen LogP contribution in [-0.2, 0) is 13.1 Å². The van der Waals surface area contributed by atoms with Gasteiger partial charge in [0.05, 0.1) is 62.1 Å². The lowest BCUT2D eigenvalue weighted by atomic mass is 9.92. The quantitative estimate of drug-likeness (QED) is 0.145. The summed E-state index contributed by atoms with van der Waals surface area (Å²) in [5, 5.41) is 16.9. The van der Waals surface area contributed by atoms with E-state index >= 15 is 0 Å². The van der Waals surface area contributed by atoms with E-state index in [2.05, 4.69) is 95.6 Å². The zero-order valence-electron chi connectivity index (χ0n) is 48.3. The predicted molar refractivity (Wildman–Crippen MR) is 325 cm³/mol. The number of amides is 2. The maximum atomic E-state index is 13.0. The molecule has 426 valence electrons. The molecule has 7 aromatic rings. The molecule has 2 saturated heterocycles. The highest BCUT2D eigenvalue weighted by atomic mass is 35.5. The Morgan fingerprint density at radius 3 is 1.61 bits per heavy atom. The van der Waals surface area contributed by atoms with Crippen LogP contribution in [0.15, 0.2) is 135 Å². The van der Waals surface area contributed by atoms with E-state index < -0.39 is 0 Å². The number of carbonyl (C=O) groups excluding carboxylic acids is 1. The molecule has 0 radical (unpaired) electrons. The van der Waals surface area contributed by atoms with Crippen LogP contribution in [0.4, 0.5) is 24.0 Å². The number of hydrogen-bond acceptors (Lipinski definition) is 9. The molecule has 6 heterocycles. The van der Waals surface area contributed by atoms with Crippen LogP contribution >= 0.6 is 23.2 Å². The number of anilines is 1. The van der Waals surface area contributed by atoms with Crippen LogP contribution in [0.3, 0.4) is 0 Å². The molecule has 4 aromatic heterocycles. The Bertz CT molecular complexity index is 3050. The number of imidazole rings is 2. The lowest BCUT2D eigenvalue weighted by Gasteiger charge is -2.39. The molecule has 79 heavy (non-hydrogen) atoms. The number of nitrogens with zero attached hydrogens (tertiary/aromatic N) is 10. The molecule has 4 aliphatic rings. The Morgan fingerprint density at radius 1 is 0.722 bits per heavy atom. The monoisotopic (exact) mass is 1130 g/mol. The Morgan fingerprint density at radius 2 is 1.18 bits per heavy atom. The van der Waals surface area contributed by atoms with E-state index in [0.717, 1.165) is 79.6 Å². The van der Waals surface area contributed by atoms with E-state index in [1.54, 1.807) is 30.5 Å². The maximum Gasteiger partial charge on any atom is 0.321 e. The second kappa shape index (κ2) is 33.3. The fraction of sp³-hybridized carbons (Fsp3) is 0.344. The molecule has 2 aliphatic carbocycles. The number of pyridine rings is 2. The topological polar surface area (TPSA) is 136 Å². The number of hydrogen-bond donors (Lipinski definition) is 2. The van der Waals surface area contributed by atoms with E-state index in [1.165, 1.54) is 33.4 Å². The predicted octanol–water partition coefficient (Wildman–Crippen LogP) is 14.3. The number of fused-ring (bicyclic) bond motifs is 4. The first-order valence-electron chi connectivity index (χ1n) is 27.6. The highest BCUT2D eigenvalue weighted by Crippen LogP contribution is 2.43. The minimum absolute atomic E-state index is 0. The number of rotatable bonds is 9. The fourth-order valence-electron chi connectivity index (χ4n) is 9.92. The molecule has 18 heteroatoms. The summed E-state index contributed by atoms with van der Waals surface area (Å²) < 4.78 is 46.2. The number of aryl methyl sites for hydroxylation is 2. The molecule has 2 amide bonds. The van der Waals surface area contributed by atoms with Gasteiger partial charge in [0.2, 0.25) is 0 Å². The van der Waals surface area contributed by atoms with Gasteiger partial charge in [0, 0.05) is 124 Å². The summed E-state index contributed by atoms with van der Waals surface area (Å²) in [7, 11) is 1.00. The molecule has 2 unspecified atom stereocenters. The van der Waals surface area contributed by atoms with Crippen molar-refractivity contribution in [1.29, 1.82) is 6.71 Å². The van der Waals surface area contributed by atoms with Gasteiger partial charge in [0.25, 0.3) is 1.45 Å². The van der Waals surface area contributed by atoms with Crippen LogP contribution in [0.1, 0.15) is 116 Å². The zero-order valence-corrected chi connectivity index (χ0v) is 46.8. The third-order valence-corrected chi connectivity index (χ3v) is 13.8. The van der Waals surface area contributed by atoms with Crippen LogP contribution in [0.25, 0.3) is 23.3 Å². The van der Waals surface area contributed by atoms with Crippen molar-refractivity contribution in [2.75, 3.05) is 72.0 Å². The van der Waals surface area contributed by atoms with Crippen LogP contribution in [0.2, 0.25) is 10.0 Å². The normalized spacial score (nSPS) is 16.0. The fourth-order valence-corrected chi connectivity index (χ4v) is 10.3. The Balaban J connectivity index is 0.000000712. The van der Waals surface area contributed by atoms with E-state index in [4.69, 9.17) is 46.1 Å². The van der Waals surface area contributed by atoms with Crippen molar-refractivity contribution < 1.29 is 24.1 Å². The first kappa shape index (κ1) is 61.1. The zero-order chi connectivity index (χ0) is 59.1. The number of nitriles is 1. The molecule has 2 fully saturated rings. The van der Waals surface area contributed by atoms with E-state index in [0.29, 0.717) is 56.8 Å². The first-order chi connectivity index (χ1) is 39.9. The van der Waals surface area contributed by atoms with E-state index in [9.17, 15) is 13.6 Å². The number of alkyl halides is 2. The lowest BCUT2D eigenvalue weighted by Crippen LogP contribution is -2.51. The van der Waals surface area contributed by atoms with Gasteiger partial charge < -0.3 is 24.7 Å². The lowest BCUT2D eigenvalue weighted by molar-refractivity contribution is 0.125. The standard InChI is InChI=1S/C31H28ClN7O.C23H24ClN5.2C2H6.2CH3F.CH4.FH.3H2/c32-25-5-8-27-28(19-25)23(9-12-37-13-11-34-21-37)18-24-2-1-10-35-29(24)30(27)38-14-16-39(17-15-38)31(40)36-26-6-3-22(20-33)4-7-26;24-19-3-4-20-21(15-19)17(5-10-28-11-7-26-16-28)14-18-2-1-6-27-22(18)23(20)29-12-8-25-9-13-29;4*1-2;;;;;/h1-8,10-11,13,18-19,21,30H,9,12,14-17H2,(H,36,40);1-4,6-7,11,14-16,23,25H,5,8-10,12-13H2;2*1-2H3;2*1H3;1H4;4*1H/i;;;;;;;;1+2T;;/hT. The molecule has 11 rings (SSSR count). The number of halogens is 5. The van der Waals surface area contributed by atoms with Crippen LogP contribution in [0.5, 0.6) is 0 Å². The number of benzene rings is 3. The van der Waals surface area contributed by atoms with Gasteiger partial charge in [-0.1, -0.05) is 82.6 Å². The van der Waals surface area contributed by atoms with Crippen molar-refractivity contribution in [3.8, 4) is 6.07 Å². The number of allylic oxidation sites excluding steroid dienone is 2. The largest absolute Gasteiger partial charge is 0.337 e. The van der Waals surface area contributed by atoms with E-state index in [1.807, 2.05) is 100 Å². The summed E-state index contributed by atoms with van der Waals surface area (Å²) in [6.45, 7) is 16.3. The molecule has 0 spiro atoms. The van der Waals surface area contributed by atoms with Gasteiger partial charge in [-0.15, -0.1) is 0 Å². The second-order valence-electron chi connectivity index (χ2n) is 17.6. The Labute approximate surface area is 482 Å². The minimum Gasteiger partial charge on any atom is -0.337 e. The number of urea groups is 1. The van der Waals surface area contributed by atoms with Gasteiger partial charge in [-0.3, -0.25) is 33.3 Å². The van der Waals surface area contributed by atoms with Gasteiger partial charge >= 0.3 is 6.03 Å². The summed E-state index contributed by atoms with van der Waals surface area (Å²) in [5.41, 5.74) is 13.0. The molecular formula is C61H81Cl2F3N12O. The summed E-state index contributed by atoms with van der Waals surface area (Å²) in [4.78, 5) is 37.9. The van der Waals surface area contributed by atoms with Crippen molar-refractivity contribution in [1.82, 2.24) is 49.1 Å². The maximum absolute atomic E-state index is 13.0. The Kier molecular flexibility index (Phi) is 25.8. The summed E-state index contributed by atoms with van der Waals surface area (Å²) in [5.74, 6) is 0. The number of piperazine rings is 2. The van der Waals surface area contributed by atoms with Gasteiger partial charge in [-0.05, 0) is 130 Å². The molecule has 0 bridgehead atoms. The van der Waals surface area contributed by atoms with Gasteiger partial charge in [0.1, 0.15) is 0 Å². The average Bonchev–Trinajstić information content (AvgIpc) is 3.99. The highest BCUT2D eigenvalue weighted by molar-refractivity contribution is 6.31. The van der Waals surface area contributed by atoms with Crippen LogP contribution in [-0.4, -0.2) is 118 Å². The summed E-state index contributed by atoms with van der Waals surface area (Å²) in [6.07, 6.45) is 21.4. The summed E-state index contributed by atoms with van der Waals surface area (Å²) >= 11 is 13.0. The summed E-state index contributed by atoms with van der Waals surface area (Å²) in [6, 6.07) is 29.7. The smallest absolute Gasteiger partial charge is 0.321 e. The molecule has 3 aromatic carbocycles. The molecule has 2 N–H and O–H groups in total. The number of aromatic nitrogens is 6. The second-order valence-corrected chi connectivity index (χ2v) is 18.5. The van der Waals surface area contributed by atoms with Crippen LogP contribution < -0.4 is 10.6 Å². The molecule has 13 nitrogen and oxygen atoms in total. The van der Waals surface area contributed by atoms with Gasteiger partial charge in [-0.25, -0.2) is 14.8 Å². The van der Waals surface area contributed by atoms with Crippen LogP contribution in [0, 0.1) is 11.3 Å². The molecular weight excluding hydrogens is 1040 g/mol. The SMILES string of the molecule is C.CC.CC.CF.CF.Clc1ccc2c(c1)C(CCn1ccnc1)=Cc1cccnc1C2N1CCNCC1.N#Cc1ccc(NC(=O)N2CCN(C3c4ccc(Cl)cc4C(CCn4ccnc4)=Cc4cccnc43)CC2)cc1.[3H]F.[3H][3H].[HH].[HH]. The first-order valence-corrected chi connectivity index (χ1v) is 27.0. The third-order valence-electron chi connectivity index (χ3n) is 13.4.